The summed E-state index contributed by atoms with van der Waals surface area (Å²) >= 11 is 0. The largest absolute Gasteiger partial charge is 0.496 e. The zero-order valence-corrected chi connectivity index (χ0v) is 10.6. The predicted octanol–water partition coefficient (Wildman–Crippen LogP) is 3.29. The molecule has 0 saturated heterocycles. The molecule has 19 heavy (non-hydrogen) atoms. The lowest BCUT2D eigenvalue weighted by molar-refractivity contribution is 0.0600. The van der Waals surface area contributed by atoms with E-state index in [0.717, 1.165) is 5.56 Å². The van der Waals surface area contributed by atoms with E-state index in [4.69, 9.17) is 4.74 Å². The summed E-state index contributed by atoms with van der Waals surface area (Å²) in [5.41, 5.74) is 1.79. The van der Waals surface area contributed by atoms with E-state index in [-0.39, 0.29) is 5.82 Å². The van der Waals surface area contributed by atoms with E-state index < -0.39 is 5.97 Å². The van der Waals surface area contributed by atoms with E-state index >= 15 is 0 Å². The standard InChI is InChI=1S/C15H13FO3/c1-18-14-9-11(15(17)19-2)6-7-13(14)10-4-3-5-12(16)8-10/h3-9H,1-2H3. The minimum absolute atomic E-state index is 0.323. The molecule has 0 atom stereocenters. The first-order valence-corrected chi connectivity index (χ1v) is 5.68. The van der Waals surface area contributed by atoms with Crippen molar-refractivity contribution in [2.75, 3.05) is 14.2 Å². The maximum Gasteiger partial charge on any atom is 0.337 e. The Kier molecular flexibility index (Phi) is 3.80. The third-order valence-electron chi connectivity index (χ3n) is 2.76. The predicted molar refractivity (Wildman–Crippen MR) is 69.7 cm³/mol. The molecule has 0 aromatic heterocycles. The molecule has 98 valence electrons. The third-order valence-corrected chi connectivity index (χ3v) is 2.76. The summed E-state index contributed by atoms with van der Waals surface area (Å²) in [5, 5.41) is 0. The van der Waals surface area contributed by atoms with Crippen molar-refractivity contribution < 1.29 is 18.7 Å². The van der Waals surface area contributed by atoms with Gasteiger partial charge < -0.3 is 9.47 Å². The van der Waals surface area contributed by atoms with Crippen molar-refractivity contribution in [3.8, 4) is 16.9 Å². The van der Waals surface area contributed by atoms with Crippen LogP contribution in [0.1, 0.15) is 10.4 Å². The fourth-order valence-electron chi connectivity index (χ4n) is 1.83. The van der Waals surface area contributed by atoms with E-state index in [0.29, 0.717) is 16.9 Å². The molecule has 4 heteroatoms. The molecular weight excluding hydrogens is 247 g/mol. The first kappa shape index (κ1) is 13.1. The van der Waals surface area contributed by atoms with Gasteiger partial charge in [0.25, 0.3) is 0 Å². The normalized spacial score (nSPS) is 10.1. The maximum atomic E-state index is 13.2. The van der Waals surface area contributed by atoms with E-state index in [2.05, 4.69) is 4.74 Å². The summed E-state index contributed by atoms with van der Waals surface area (Å²) in [6.07, 6.45) is 0. The monoisotopic (exact) mass is 260 g/mol. The Morgan fingerprint density at radius 3 is 2.53 bits per heavy atom. The Morgan fingerprint density at radius 2 is 1.89 bits per heavy atom. The molecule has 2 rings (SSSR count). The Bertz CT molecular complexity index is 608. The quantitative estimate of drug-likeness (QED) is 0.794. The average molecular weight is 260 g/mol. The molecule has 0 heterocycles. The molecule has 0 N–H and O–H groups in total. The summed E-state index contributed by atoms with van der Waals surface area (Å²) in [5.74, 6) is -0.269. The zero-order valence-electron chi connectivity index (χ0n) is 10.6. The third kappa shape index (κ3) is 2.73. The maximum absolute atomic E-state index is 13.2. The summed E-state index contributed by atoms with van der Waals surface area (Å²) in [6.45, 7) is 0. The second-order valence-electron chi connectivity index (χ2n) is 3.92. The molecule has 0 unspecified atom stereocenters. The van der Waals surface area contributed by atoms with Crippen LogP contribution in [-0.2, 0) is 4.74 Å². The van der Waals surface area contributed by atoms with Crippen molar-refractivity contribution in [2.24, 2.45) is 0 Å². The Balaban J connectivity index is 2.50. The molecule has 0 aliphatic rings. The number of halogens is 1. The van der Waals surface area contributed by atoms with Gasteiger partial charge in [-0.25, -0.2) is 9.18 Å². The molecule has 0 radical (unpaired) electrons. The molecule has 0 spiro atoms. The van der Waals surface area contributed by atoms with Gasteiger partial charge in [0.2, 0.25) is 0 Å². The van der Waals surface area contributed by atoms with Crippen molar-refractivity contribution >= 4 is 5.97 Å². The van der Waals surface area contributed by atoms with E-state index in [1.54, 1.807) is 30.3 Å². The lowest BCUT2D eigenvalue weighted by atomic mass is 10.0. The highest BCUT2D eigenvalue weighted by Crippen LogP contribution is 2.31. The number of hydrogen-bond acceptors (Lipinski definition) is 3. The highest BCUT2D eigenvalue weighted by molar-refractivity contribution is 5.91. The van der Waals surface area contributed by atoms with E-state index in [9.17, 15) is 9.18 Å². The lowest BCUT2D eigenvalue weighted by Crippen LogP contribution is -2.02. The second kappa shape index (κ2) is 5.52. The summed E-state index contributed by atoms with van der Waals surface area (Å²) in [6, 6.07) is 11.1. The van der Waals surface area contributed by atoms with Crippen molar-refractivity contribution in [3.05, 3.63) is 53.8 Å². The number of rotatable bonds is 3. The number of esters is 1. The molecule has 2 aromatic carbocycles. The van der Waals surface area contributed by atoms with Crippen LogP contribution < -0.4 is 4.74 Å². The number of methoxy groups -OCH3 is 2. The van der Waals surface area contributed by atoms with Crippen LogP contribution in [-0.4, -0.2) is 20.2 Å². The summed E-state index contributed by atoms with van der Waals surface area (Å²) in [4.78, 5) is 11.4. The Morgan fingerprint density at radius 1 is 1.11 bits per heavy atom. The number of carbonyl (C=O) groups excluding carboxylic acids is 1. The minimum Gasteiger partial charge on any atom is -0.496 e. The topological polar surface area (TPSA) is 35.5 Å². The first-order chi connectivity index (χ1) is 9.15. The van der Waals surface area contributed by atoms with Gasteiger partial charge in [-0.05, 0) is 35.9 Å². The van der Waals surface area contributed by atoms with Gasteiger partial charge >= 0.3 is 5.97 Å². The highest BCUT2D eigenvalue weighted by Gasteiger charge is 2.12. The fraction of sp³-hybridized carbons (Fsp3) is 0.133. The average Bonchev–Trinajstić information content (AvgIpc) is 2.45. The number of hydrogen-bond donors (Lipinski definition) is 0. The van der Waals surface area contributed by atoms with Gasteiger partial charge in [0.15, 0.2) is 0 Å². The first-order valence-electron chi connectivity index (χ1n) is 5.68. The lowest BCUT2D eigenvalue weighted by Gasteiger charge is -2.10. The van der Waals surface area contributed by atoms with Gasteiger partial charge in [0.05, 0.1) is 19.8 Å². The molecule has 0 saturated carbocycles. The molecule has 0 aliphatic heterocycles. The molecule has 0 aliphatic carbocycles. The molecule has 3 nitrogen and oxygen atoms in total. The van der Waals surface area contributed by atoms with Gasteiger partial charge in [-0.2, -0.15) is 0 Å². The molecular formula is C15H13FO3. The summed E-state index contributed by atoms with van der Waals surface area (Å²) in [7, 11) is 2.81. The van der Waals surface area contributed by atoms with E-state index in [1.165, 1.54) is 26.4 Å². The van der Waals surface area contributed by atoms with Crippen LogP contribution in [0, 0.1) is 5.82 Å². The highest BCUT2D eigenvalue weighted by atomic mass is 19.1. The molecule has 0 amide bonds. The van der Waals surface area contributed by atoms with Gasteiger partial charge in [0.1, 0.15) is 11.6 Å². The van der Waals surface area contributed by atoms with Crippen LogP contribution in [0.2, 0.25) is 0 Å². The zero-order chi connectivity index (χ0) is 13.8. The van der Waals surface area contributed by atoms with Crippen molar-refractivity contribution in [2.45, 2.75) is 0 Å². The van der Waals surface area contributed by atoms with Crippen LogP contribution in [0.15, 0.2) is 42.5 Å². The molecule has 0 fully saturated rings. The Labute approximate surface area is 110 Å². The number of carbonyl (C=O) groups is 1. The minimum atomic E-state index is -0.441. The SMILES string of the molecule is COC(=O)c1ccc(-c2cccc(F)c2)c(OC)c1. The second-order valence-corrected chi connectivity index (χ2v) is 3.92. The van der Waals surface area contributed by atoms with Crippen molar-refractivity contribution in [1.82, 2.24) is 0 Å². The van der Waals surface area contributed by atoms with Crippen LogP contribution in [0.25, 0.3) is 11.1 Å². The summed E-state index contributed by atoms with van der Waals surface area (Å²) < 4.78 is 23.1. The Hall–Kier alpha value is -2.36. The number of benzene rings is 2. The van der Waals surface area contributed by atoms with Crippen molar-refractivity contribution in [1.29, 1.82) is 0 Å². The van der Waals surface area contributed by atoms with Crippen LogP contribution in [0.3, 0.4) is 0 Å². The molecule has 0 bridgehead atoms. The molecule has 2 aromatic rings. The van der Waals surface area contributed by atoms with Gasteiger partial charge in [-0.15, -0.1) is 0 Å². The van der Waals surface area contributed by atoms with Crippen LogP contribution in [0.4, 0.5) is 4.39 Å². The number of ether oxygens (including phenoxy) is 2. The van der Waals surface area contributed by atoms with Gasteiger partial charge in [-0.1, -0.05) is 12.1 Å². The van der Waals surface area contributed by atoms with Crippen molar-refractivity contribution in [3.63, 3.8) is 0 Å². The fourth-order valence-corrected chi connectivity index (χ4v) is 1.83. The smallest absolute Gasteiger partial charge is 0.337 e. The van der Waals surface area contributed by atoms with Crippen LogP contribution >= 0.6 is 0 Å². The van der Waals surface area contributed by atoms with E-state index in [1.807, 2.05) is 0 Å². The van der Waals surface area contributed by atoms with Crippen LogP contribution in [0.5, 0.6) is 5.75 Å². The van der Waals surface area contributed by atoms with Gasteiger partial charge in [-0.3, -0.25) is 0 Å². The van der Waals surface area contributed by atoms with Gasteiger partial charge in [0, 0.05) is 5.56 Å².